The van der Waals surface area contributed by atoms with Crippen molar-refractivity contribution >= 4 is 16.7 Å². The van der Waals surface area contributed by atoms with Crippen molar-refractivity contribution in [2.75, 3.05) is 33.2 Å². The van der Waals surface area contributed by atoms with Gasteiger partial charge in [0.15, 0.2) is 0 Å². The minimum atomic E-state index is 0.0438. The summed E-state index contributed by atoms with van der Waals surface area (Å²) in [5.41, 5.74) is 1.88. The molecule has 1 atom stereocenters. The largest absolute Gasteiger partial charge is 0.360 e. The van der Waals surface area contributed by atoms with Crippen LogP contribution in [-0.4, -0.2) is 50.0 Å². The number of para-hydroxylation sites is 1. The fraction of sp³-hybridized carbons (Fsp3) is 0.438. The minimum absolute atomic E-state index is 0.0438. The number of benzene rings is 1. The number of likely N-dealkylation sites (N-methyl/N-ethyl adjacent to an activating group) is 1. The second-order valence-electron chi connectivity index (χ2n) is 5.95. The predicted molar refractivity (Wildman–Crippen MR) is 79.4 cm³/mol. The molecule has 0 radical (unpaired) electrons. The van der Waals surface area contributed by atoms with Crippen molar-refractivity contribution < 1.29 is 14.6 Å². The second-order valence-corrected chi connectivity index (χ2v) is 5.95. The van der Waals surface area contributed by atoms with Crippen LogP contribution in [0.4, 0.5) is 0 Å². The van der Waals surface area contributed by atoms with E-state index in [4.69, 9.17) is 0 Å². The maximum absolute atomic E-state index is 12.8. The van der Waals surface area contributed by atoms with Crippen molar-refractivity contribution in [1.29, 1.82) is 0 Å². The van der Waals surface area contributed by atoms with Crippen LogP contribution in [0.2, 0.25) is 0 Å². The Bertz CT molecular complexity index is 611. The summed E-state index contributed by atoms with van der Waals surface area (Å²) in [7, 11) is 2.23. The van der Waals surface area contributed by atoms with Crippen LogP contribution < -0.4 is 9.80 Å². The molecule has 0 unspecified atom stereocenters. The first-order valence-electron chi connectivity index (χ1n) is 7.43. The van der Waals surface area contributed by atoms with E-state index in [1.54, 1.807) is 4.90 Å². The van der Waals surface area contributed by atoms with Gasteiger partial charge in [-0.2, -0.15) is 0 Å². The number of quaternary nitrogens is 2. The summed E-state index contributed by atoms with van der Waals surface area (Å²) in [4.78, 5) is 18.9. The fourth-order valence-corrected chi connectivity index (χ4v) is 3.12. The van der Waals surface area contributed by atoms with Crippen LogP contribution in [0.15, 0.2) is 30.5 Å². The molecule has 1 aromatic carbocycles. The van der Waals surface area contributed by atoms with E-state index < -0.39 is 0 Å². The van der Waals surface area contributed by atoms with Gasteiger partial charge >= 0.3 is 0 Å². The number of H-pyrrole nitrogens is 1. The number of piperazine rings is 1. The average Bonchev–Trinajstić information content (AvgIpc) is 2.90. The van der Waals surface area contributed by atoms with Gasteiger partial charge in [0.2, 0.25) is 5.78 Å². The number of nitrogens with one attached hydrogen (secondary N) is 3. The first kappa shape index (κ1) is 13.3. The van der Waals surface area contributed by atoms with Crippen molar-refractivity contribution in [3.8, 4) is 0 Å². The molecule has 0 aliphatic carbocycles. The van der Waals surface area contributed by atoms with Gasteiger partial charge < -0.3 is 14.8 Å². The highest BCUT2D eigenvalue weighted by Gasteiger charge is 2.31. The van der Waals surface area contributed by atoms with E-state index in [0.717, 1.165) is 42.6 Å². The molecule has 0 spiro atoms. The zero-order chi connectivity index (χ0) is 14.1. The van der Waals surface area contributed by atoms with Gasteiger partial charge in [-0.15, -0.1) is 0 Å². The Hall–Kier alpha value is -1.65. The molecule has 4 nitrogen and oxygen atoms in total. The highest BCUT2D eigenvalue weighted by molar-refractivity contribution is 6.09. The van der Waals surface area contributed by atoms with E-state index in [2.05, 4.69) is 19.0 Å². The van der Waals surface area contributed by atoms with E-state index in [1.807, 2.05) is 30.5 Å². The smallest absolute Gasteiger partial charge is 0.221 e. The van der Waals surface area contributed by atoms with Crippen LogP contribution in [0.1, 0.15) is 17.3 Å². The van der Waals surface area contributed by atoms with Gasteiger partial charge in [0.05, 0.1) is 7.05 Å². The zero-order valence-corrected chi connectivity index (χ0v) is 12.2. The first-order valence-corrected chi connectivity index (χ1v) is 7.43. The lowest BCUT2D eigenvalue weighted by atomic mass is 10.0. The molecule has 106 valence electrons. The molecule has 1 aliphatic rings. The van der Waals surface area contributed by atoms with Gasteiger partial charge in [-0.1, -0.05) is 18.2 Å². The fourth-order valence-electron chi connectivity index (χ4n) is 3.12. The molecule has 3 rings (SSSR count). The number of fused-ring (bicyclic) bond motifs is 1. The highest BCUT2D eigenvalue weighted by Crippen LogP contribution is 2.18. The van der Waals surface area contributed by atoms with Crippen molar-refractivity contribution in [2.24, 2.45) is 0 Å². The molecular weight excluding hydrogens is 250 g/mol. The second kappa shape index (κ2) is 5.38. The van der Waals surface area contributed by atoms with Crippen LogP contribution in [-0.2, 0) is 0 Å². The molecule has 2 heterocycles. The number of rotatable bonds is 3. The molecular formula is C16H23N3O+2. The average molecular weight is 273 g/mol. The molecule has 4 heteroatoms. The summed E-state index contributed by atoms with van der Waals surface area (Å²) in [5.74, 6) is 0.261. The number of ketones is 1. The Morgan fingerprint density at radius 3 is 2.65 bits per heavy atom. The van der Waals surface area contributed by atoms with E-state index in [-0.39, 0.29) is 11.8 Å². The summed E-state index contributed by atoms with van der Waals surface area (Å²) < 4.78 is 0. The molecule has 1 saturated heterocycles. The summed E-state index contributed by atoms with van der Waals surface area (Å²) in [6.07, 6.45) is 1.87. The number of aromatic nitrogens is 1. The maximum atomic E-state index is 12.8. The lowest BCUT2D eigenvalue weighted by Gasteiger charge is -2.30. The predicted octanol–water partition coefficient (Wildman–Crippen LogP) is -0.848. The quantitative estimate of drug-likeness (QED) is 0.627. The molecule has 3 N–H and O–H groups in total. The number of hydrogen-bond acceptors (Lipinski definition) is 1. The Labute approximate surface area is 119 Å². The molecule has 1 aromatic heterocycles. The normalized spacial score (nSPS) is 24.7. The Morgan fingerprint density at radius 2 is 1.90 bits per heavy atom. The van der Waals surface area contributed by atoms with E-state index in [9.17, 15) is 4.79 Å². The molecule has 1 fully saturated rings. The Morgan fingerprint density at radius 1 is 1.20 bits per heavy atom. The molecule has 0 saturated carbocycles. The zero-order valence-electron chi connectivity index (χ0n) is 12.2. The third-order valence-corrected chi connectivity index (χ3v) is 4.61. The van der Waals surface area contributed by atoms with E-state index in [1.165, 1.54) is 4.90 Å². The lowest BCUT2D eigenvalue weighted by Crippen LogP contribution is -3.29. The molecule has 1 aliphatic heterocycles. The summed E-state index contributed by atoms with van der Waals surface area (Å²) in [6, 6.07) is 8.06. The van der Waals surface area contributed by atoms with Gasteiger partial charge in [-0.3, -0.25) is 4.79 Å². The maximum Gasteiger partial charge on any atom is 0.221 e. The van der Waals surface area contributed by atoms with Gasteiger partial charge in [0.1, 0.15) is 32.2 Å². The van der Waals surface area contributed by atoms with Gasteiger partial charge in [0, 0.05) is 22.7 Å². The number of hydrogen-bond donors (Lipinski definition) is 3. The van der Waals surface area contributed by atoms with Crippen LogP contribution in [0.3, 0.4) is 0 Å². The molecule has 2 aromatic rings. The topological polar surface area (TPSA) is 41.7 Å². The van der Waals surface area contributed by atoms with E-state index >= 15 is 0 Å². The van der Waals surface area contributed by atoms with Crippen LogP contribution in [0.5, 0.6) is 0 Å². The Kier molecular flexibility index (Phi) is 3.59. The Balaban J connectivity index is 1.81. The van der Waals surface area contributed by atoms with Crippen molar-refractivity contribution in [3.05, 3.63) is 36.0 Å². The number of carbonyl (C=O) groups is 1. The summed E-state index contributed by atoms with van der Waals surface area (Å²) in [5, 5.41) is 1.04. The van der Waals surface area contributed by atoms with Crippen molar-refractivity contribution in [1.82, 2.24) is 4.98 Å². The molecule has 0 amide bonds. The van der Waals surface area contributed by atoms with Gasteiger partial charge in [-0.05, 0) is 13.0 Å². The minimum Gasteiger partial charge on any atom is -0.360 e. The molecule has 0 bridgehead atoms. The first-order chi connectivity index (χ1) is 9.66. The number of Topliss-reactive ketones (excluding diaryl/α,β-unsaturated/α-hetero) is 1. The monoisotopic (exact) mass is 273 g/mol. The SMILES string of the molecule is C[C@H](C(=O)c1c[nH]c2ccccc12)[NH+]1CC[NH+](C)CC1. The van der Waals surface area contributed by atoms with Crippen LogP contribution in [0, 0.1) is 0 Å². The van der Waals surface area contributed by atoms with Crippen LogP contribution in [0.25, 0.3) is 10.9 Å². The van der Waals surface area contributed by atoms with Crippen molar-refractivity contribution in [2.45, 2.75) is 13.0 Å². The van der Waals surface area contributed by atoms with E-state index in [0.29, 0.717) is 0 Å². The molecule has 20 heavy (non-hydrogen) atoms. The lowest BCUT2D eigenvalue weighted by molar-refractivity contribution is -1.01. The summed E-state index contributed by atoms with van der Waals surface area (Å²) in [6.45, 7) is 6.55. The standard InChI is InChI=1S/C16H21N3O/c1-12(19-9-7-18(2)8-10-19)16(20)14-11-17-15-6-4-3-5-13(14)15/h3-6,11-12,17H,7-10H2,1-2H3/p+2/t12-/m1/s1. The van der Waals surface area contributed by atoms with Crippen molar-refractivity contribution in [3.63, 3.8) is 0 Å². The third-order valence-electron chi connectivity index (χ3n) is 4.61. The summed E-state index contributed by atoms with van der Waals surface area (Å²) >= 11 is 0. The van der Waals surface area contributed by atoms with Crippen LogP contribution >= 0.6 is 0 Å². The number of carbonyl (C=O) groups excluding carboxylic acids is 1. The van der Waals surface area contributed by atoms with Gasteiger partial charge in [-0.25, -0.2) is 0 Å². The number of aromatic amines is 1. The third kappa shape index (κ3) is 2.37. The highest BCUT2D eigenvalue weighted by atomic mass is 16.1. The van der Waals surface area contributed by atoms with Gasteiger partial charge in [0.25, 0.3) is 0 Å².